The molecule has 1 amide bonds. The summed E-state index contributed by atoms with van der Waals surface area (Å²) in [6.07, 6.45) is -5.98. The monoisotopic (exact) mass is 269 g/mol. The highest BCUT2D eigenvalue weighted by Gasteiger charge is 2.29. The maximum absolute atomic E-state index is 11.7. The highest BCUT2D eigenvalue weighted by Crippen LogP contribution is 2.22. The van der Waals surface area contributed by atoms with Crippen LogP contribution in [0.3, 0.4) is 0 Å². The van der Waals surface area contributed by atoms with Crippen molar-refractivity contribution in [1.82, 2.24) is 0 Å². The largest absolute Gasteiger partial charge is 0.477 e. The number of alkyl halides is 3. The zero-order chi connectivity index (χ0) is 13.1. The number of hydrogen-bond acceptors (Lipinski definition) is 4. The third kappa shape index (κ3) is 4.31. The van der Waals surface area contributed by atoms with Crippen LogP contribution in [-0.2, 0) is 4.74 Å². The van der Waals surface area contributed by atoms with Crippen molar-refractivity contribution in [2.75, 3.05) is 11.9 Å². The predicted molar refractivity (Wildman–Crippen MR) is 52.3 cm³/mol. The lowest BCUT2D eigenvalue weighted by Crippen LogP contribution is -2.23. The summed E-state index contributed by atoms with van der Waals surface area (Å²) >= 11 is 0.831. The molecule has 0 radical (unpaired) electrons. The molecule has 0 spiro atoms. The van der Waals surface area contributed by atoms with Crippen molar-refractivity contribution < 1.29 is 32.6 Å². The molecule has 1 heterocycles. The summed E-state index contributed by atoms with van der Waals surface area (Å²) in [5.74, 6) is -1.29. The van der Waals surface area contributed by atoms with E-state index >= 15 is 0 Å². The van der Waals surface area contributed by atoms with Gasteiger partial charge in [-0.3, -0.25) is 5.32 Å². The minimum atomic E-state index is -4.62. The van der Waals surface area contributed by atoms with Crippen molar-refractivity contribution in [3.05, 3.63) is 16.3 Å². The summed E-state index contributed by atoms with van der Waals surface area (Å²) in [6, 6.07) is 1.25. The van der Waals surface area contributed by atoms with Crippen LogP contribution in [0.2, 0.25) is 0 Å². The predicted octanol–water partition coefficient (Wildman–Crippen LogP) is 2.56. The van der Waals surface area contributed by atoms with E-state index in [9.17, 15) is 22.8 Å². The maximum Gasteiger partial charge on any atom is 0.422 e. The standard InChI is InChI=1S/C8H6F3NO4S/c9-8(10,11)3-16-7(15)12-4-1-2-17-5(4)6(13)14/h1-2H,3H2,(H,12,15)(H,13,14). The number of hydrogen-bond donors (Lipinski definition) is 2. The number of rotatable bonds is 3. The van der Waals surface area contributed by atoms with E-state index in [1.54, 1.807) is 0 Å². The fraction of sp³-hybridized carbons (Fsp3) is 0.250. The topological polar surface area (TPSA) is 75.6 Å². The van der Waals surface area contributed by atoms with E-state index in [1.807, 2.05) is 5.32 Å². The zero-order valence-corrected chi connectivity index (χ0v) is 8.89. The molecule has 0 aromatic carbocycles. The number of ether oxygens (including phenoxy) is 1. The number of halogens is 3. The summed E-state index contributed by atoms with van der Waals surface area (Å²) in [7, 11) is 0. The van der Waals surface area contributed by atoms with Gasteiger partial charge in [0.2, 0.25) is 0 Å². The first-order chi connectivity index (χ1) is 7.79. The summed E-state index contributed by atoms with van der Waals surface area (Å²) < 4.78 is 39.0. The molecule has 0 saturated carbocycles. The van der Waals surface area contributed by atoms with E-state index in [-0.39, 0.29) is 10.6 Å². The van der Waals surface area contributed by atoms with Gasteiger partial charge in [0.05, 0.1) is 5.69 Å². The summed E-state index contributed by atoms with van der Waals surface area (Å²) in [4.78, 5) is 21.3. The van der Waals surface area contributed by atoms with Gasteiger partial charge in [0.15, 0.2) is 6.61 Å². The van der Waals surface area contributed by atoms with Crippen molar-refractivity contribution in [3.8, 4) is 0 Å². The van der Waals surface area contributed by atoms with Gasteiger partial charge in [0, 0.05) is 0 Å². The number of carbonyl (C=O) groups is 2. The Bertz CT molecular complexity index is 429. The second-order valence-electron chi connectivity index (χ2n) is 2.78. The Hall–Kier alpha value is -1.77. The number of aromatic carboxylic acids is 1. The number of thiophene rings is 1. The van der Waals surface area contributed by atoms with E-state index in [1.165, 1.54) is 11.4 Å². The van der Waals surface area contributed by atoms with E-state index in [0.717, 1.165) is 11.3 Å². The average Bonchev–Trinajstić information content (AvgIpc) is 2.62. The average molecular weight is 269 g/mol. The van der Waals surface area contributed by atoms with Crippen molar-refractivity contribution >= 4 is 29.1 Å². The molecule has 0 aliphatic carbocycles. The number of anilines is 1. The van der Waals surface area contributed by atoms with Crippen LogP contribution in [0.5, 0.6) is 0 Å². The highest BCUT2D eigenvalue weighted by atomic mass is 32.1. The number of carboxylic acid groups (broad SMARTS) is 1. The second kappa shape index (κ2) is 5.04. The molecule has 1 aromatic heterocycles. The van der Waals surface area contributed by atoms with Gasteiger partial charge in [-0.1, -0.05) is 0 Å². The number of carboxylic acids is 1. The molecule has 0 aliphatic rings. The molecular weight excluding hydrogens is 263 g/mol. The molecule has 0 fully saturated rings. The van der Waals surface area contributed by atoms with Gasteiger partial charge < -0.3 is 9.84 Å². The Balaban J connectivity index is 2.57. The third-order valence-electron chi connectivity index (χ3n) is 1.46. The molecular formula is C8H6F3NO4S. The molecule has 2 N–H and O–H groups in total. The Morgan fingerprint density at radius 1 is 1.47 bits per heavy atom. The van der Waals surface area contributed by atoms with Crippen LogP contribution in [0.15, 0.2) is 11.4 Å². The molecule has 0 unspecified atom stereocenters. The highest BCUT2D eigenvalue weighted by molar-refractivity contribution is 7.12. The molecule has 0 saturated heterocycles. The third-order valence-corrected chi connectivity index (χ3v) is 2.37. The van der Waals surface area contributed by atoms with Crippen LogP contribution in [-0.4, -0.2) is 30.0 Å². The fourth-order valence-corrected chi connectivity index (χ4v) is 1.55. The summed E-state index contributed by atoms with van der Waals surface area (Å²) in [5, 5.41) is 12.0. The first-order valence-corrected chi connectivity index (χ1v) is 4.99. The lowest BCUT2D eigenvalue weighted by molar-refractivity contribution is -0.159. The lowest BCUT2D eigenvalue weighted by atomic mass is 10.4. The Morgan fingerprint density at radius 3 is 2.65 bits per heavy atom. The summed E-state index contributed by atoms with van der Waals surface area (Å²) in [6.45, 7) is -1.73. The first kappa shape index (κ1) is 13.3. The molecule has 9 heteroatoms. The maximum atomic E-state index is 11.7. The van der Waals surface area contributed by atoms with Gasteiger partial charge in [-0.2, -0.15) is 13.2 Å². The molecule has 1 aromatic rings. The van der Waals surface area contributed by atoms with Crippen molar-refractivity contribution in [3.63, 3.8) is 0 Å². The van der Waals surface area contributed by atoms with E-state index in [4.69, 9.17) is 5.11 Å². The van der Waals surface area contributed by atoms with Gasteiger partial charge in [0.25, 0.3) is 0 Å². The van der Waals surface area contributed by atoms with E-state index < -0.39 is 24.8 Å². The Labute approximate surface area is 96.8 Å². The van der Waals surface area contributed by atoms with Gasteiger partial charge >= 0.3 is 18.2 Å². The number of nitrogens with one attached hydrogen (secondary N) is 1. The number of amides is 1. The molecule has 0 bridgehead atoms. The normalized spacial score (nSPS) is 11.0. The van der Waals surface area contributed by atoms with Crippen LogP contribution in [0.25, 0.3) is 0 Å². The smallest absolute Gasteiger partial charge is 0.422 e. The fourth-order valence-electron chi connectivity index (χ4n) is 0.867. The lowest BCUT2D eigenvalue weighted by Gasteiger charge is -2.08. The van der Waals surface area contributed by atoms with Crippen molar-refractivity contribution in [1.29, 1.82) is 0 Å². The van der Waals surface area contributed by atoms with E-state index in [2.05, 4.69) is 4.74 Å². The van der Waals surface area contributed by atoms with Crippen LogP contribution in [0.4, 0.5) is 23.7 Å². The SMILES string of the molecule is O=C(Nc1ccsc1C(=O)O)OCC(F)(F)F. The van der Waals surface area contributed by atoms with Crippen LogP contribution < -0.4 is 5.32 Å². The van der Waals surface area contributed by atoms with Crippen molar-refractivity contribution in [2.45, 2.75) is 6.18 Å². The van der Waals surface area contributed by atoms with Crippen molar-refractivity contribution in [2.24, 2.45) is 0 Å². The minimum Gasteiger partial charge on any atom is -0.477 e. The van der Waals surface area contributed by atoms with Gasteiger partial charge in [0.1, 0.15) is 4.88 Å². The second-order valence-corrected chi connectivity index (χ2v) is 3.70. The molecule has 5 nitrogen and oxygen atoms in total. The van der Waals surface area contributed by atoms with Crippen LogP contribution in [0, 0.1) is 0 Å². The number of carbonyl (C=O) groups excluding carboxylic acids is 1. The molecule has 0 aliphatic heterocycles. The van der Waals surface area contributed by atoms with Gasteiger partial charge in [-0.25, -0.2) is 9.59 Å². The minimum absolute atomic E-state index is 0.102. The van der Waals surface area contributed by atoms with Crippen LogP contribution >= 0.6 is 11.3 Å². The first-order valence-electron chi connectivity index (χ1n) is 4.11. The Kier molecular flexibility index (Phi) is 3.94. The quantitative estimate of drug-likeness (QED) is 0.884. The van der Waals surface area contributed by atoms with Gasteiger partial charge in [-0.05, 0) is 11.4 Å². The molecule has 17 heavy (non-hydrogen) atoms. The summed E-state index contributed by atoms with van der Waals surface area (Å²) in [5.41, 5.74) is -0.102. The van der Waals surface area contributed by atoms with E-state index in [0.29, 0.717) is 0 Å². The Morgan fingerprint density at radius 2 is 2.12 bits per heavy atom. The molecule has 94 valence electrons. The van der Waals surface area contributed by atoms with Crippen LogP contribution in [0.1, 0.15) is 9.67 Å². The molecule has 0 atom stereocenters. The van der Waals surface area contributed by atoms with Gasteiger partial charge in [-0.15, -0.1) is 11.3 Å². The molecule has 1 rings (SSSR count). The zero-order valence-electron chi connectivity index (χ0n) is 8.08.